The van der Waals surface area contributed by atoms with Crippen LogP contribution in [0.4, 0.5) is 0 Å². The minimum atomic E-state index is -0.658. The predicted octanol–water partition coefficient (Wildman–Crippen LogP) is 17.0. The Morgan fingerprint density at radius 3 is 0.554 bits per heavy atom. The summed E-state index contributed by atoms with van der Waals surface area (Å²) in [5, 5.41) is 30.3. The van der Waals surface area contributed by atoms with Crippen molar-refractivity contribution in [2.45, 2.75) is 334 Å². The zero-order valence-corrected chi connectivity index (χ0v) is 54.3. The Hall–Kier alpha value is 0.139. The number of hydrogen-bond acceptors (Lipinski definition) is 12. The quantitative estimate of drug-likeness (QED) is 0.0178. The van der Waals surface area contributed by atoms with Crippen LogP contribution >= 0.6 is 37.9 Å². The number of unbranched alkanes of at least 4 members (excludes halogenated alkanes) is 40. The number of rotatable bonds is 53. The molecule has 13 heteroatoms. The van der Waals surface area contributed by atoms with Crippen molar-refractivity contribution in [3.8, 4) is 0 Å². The van der Waals surface area contributed by atoms with Crippen molar-refractivity contribution in [2.75, 3.05) is 17.3 Å². The van der Waals surface area contributed by atoms with Crippen LogP contribution in [0.5, 0.6) is 0 Å². The Bertz CT molecular complexity index is 954. The Labute approximate surface area is 488 Å². The van der Waals surface area contributed by atoms with Crippen LogP contribution in [-0.4, -0.2) is 57.7 Å². The summed E-state index contributed by atoms with van der Waals surface area (Å²) >= 11 is 14.0. The first-order valence-corrected chi connectivity index (χ1v) is 35.1. The normalized spacial score (nSPS) is 12.1. The first kappa shape index (κ1) is 80.6. The maximum absolute atomic E-state index is 11.1. The van der Waals surface area contributed by atoms with E-state index in [4.69, 9.17) is 0 Å². The van der Waals surface area contributed by atoms with Crippen LogP contribution in [0.1, 0.15) is 329 Å². The average Bonchev–Trinajstić information content (AvgIpc) is 3.42. The van der Waals surface area contributed by atoms with Crippen molar-refractivity contribution < 1.29 is 44.8 Å². The summed E-state index contributed by atoms with van der Waals surface area (Å²) in [7, 11) is 0. The molecule has 0 bridgehead atoms. The molecule has 0 saturated heterocycles. The van der Waals surface area contributed by atoms with Gasteiger partial charge in [0.1, 0.15) is 0 Å². The van der Waals surface area contributed by atoms with Crippen LogP contribution in [0.2, 0.25) is 4.44 Å². The fraction of sp³-hybridized carbons (Fsp3) is 0.951. The van der Waals surface area contributed by atoms with Gasteiger partial charge in [-0.1, -0.05) is 290 Å². The molecule has 0 aliphatic heterocycles. The standard InChI is InChI=1S/3C19H38O3S.C4H9.Sn/c3*1-2-3-4-5-6-7-8-9-10-11-12-13-14-15-16-18(17-23)19(20)22-21;1-3-4-2;/h3*18,21,23H,2-17H2,1H3;1,3-4H2,2H3;/q;;;;+3/p-3. The molecule has 0 aromatic carbocycles. The zero-order valence-electron chi connectivity index (χ0n) is 48.8. The molecule has 9 nitrogen and oxygen atoms in total. The molecule has 3 atom stereocenters. The van der Waals surface area contributed by atoms with Crippen LogP contribution in [-0.2, 0) is 29.0 Å². The number of carbonyl (C=O) groups is 3. The van der Waals surface area contributed by atoms with E-state index < -0.39 is 17.9 Å². The second kappa shape index (κ2) is 73.1. The van der Waals surface area contributed by atoms with Crippen LogP contribution in [0.3, 0.4) is 0 Å². The van der Waals surface area contributed by atoms with Gasteiger partial charge in [-0.15, -0.1) is 0 Å². The molecular weight excluding hydrogens is 1090 g/mol. The fourth-order valence-corrected chi connectivity index (χ4v) is 11.0. The van der Waals surface area contributed by atoms with E-state index in [0.717, 1.165) is 57.8 Å². The van der Waals surface area contributed by atoms with Gasteiger partial charge in [-0.25, -0.2) is 0 Å². The number of carbonyl (C=O) groups excluding carboxylic acids is 3. The molecule has 3 unspecified atom stereocenters. The molecule has 0 aromatic heterocycles. The molecule has 0 aliphatic carbocycles. The molecule has 0 rings (SSSR count). The van der Waals surface area contributed by atoms with Gasteiger partial charge in [0, 0.05) is 17.3 Å². The van der Waals surface area contributed by atoms with Crippen LogP contribution in [0, 0.1) is 17.8 Å². The molecule has 0 saturated carbocycles. The molecule has 0 aliphatic rings. The monoisotopic (exact) mass is 1210 g/mol. The van der Waals surface area contributed by atoms with Gasteiger partial charge in [-0.3, -0.25) is 14.4 Å². The van der Waals surface area contributed by atoms with Crippen molar-refractivity contribution in [2.24, 2.45) is 17.8 Å². The van der Waals surface area contributed by atoms with Crippen molar-refractivity contribution in [3.63, 3.8) is 0 Å². The van der Waals surface area contributed by atoms with Gasteiger partial charge < -0.3 is 30.4 Å². The summed E-state index contributed by atoms with van der Waals surface area (Å²) in [5.41, 5.74) is 0. The Morgan fingerprint density at radius 2 is 0.446 bits per heavy atom. The molecule has 74 heavy (non-hydrogen) atoms. The van der Waals surface area contributed by atoms with Gasteiger partial charge >= 0.3 is 64.6 Å². The number of thiol groups is 3. The Morgan fingerprint density at radius 1 is 0.297 bits per heavy atom. The summed E-state index contributed by atoms with van der Waals surface area (Å²) in [4.78, 5) is 44.0. The van der Waals surface area contributed by atoms with Gasteiger partial charge in [-0.05, 0) is 19.3 Å². The second-order valence-electron chi connectivity index (χ2n) is 21.1. The van der Waals surface area contributed by atoms with Crippen LogP contribution in [0.25, 0.3) is 0 Å². The summed E-state index contributed by atoms with van der Waals surface area (Å²) in [6.07, 6.45) is 60.4. The third kappa shape index (κ3) is 66.4. The molecule has 0 aromatic rings. The van der Waals surface area contributed by atoms with E-state index in [1.807, 2.05) is 0 Å². The molecule has 0 fully saturated rings. The number of hydrogen-bond donors (Lipinski definition) is 3. The summed E-state index contributed by atoms with van der Waals surface area (Å²) < 4.78 is 1.43. The third-order valence-corrected chi connectivity index (χ3v) is 16.5. The average molecular weight is 1210 g/mol. The molecule has 0 amide bonds. The molecule has 0 spiro atoms. The zero-order chi connectivity index (χ0) is 55.6. The summed E-state index contributed by atoms with van der Waals surface area (Å²) in [5.74, 6) is -1.74. The van der Waals surface area contributed by atoms with Crippen molar-refractivity contribution in [3.05, 3.63) is 0 Å². The van der Waals surface area contributed by atoms with Gasteiger partial charge in [0.05, 0.1) is 17.8 Å². The molecule has 0 radical (unpaired) electrons. The van der Waals surface area contributed by atoms with Crippen molar-refractivity contribution in [1.29, 1.82) is 0 Å². The first-order chi connectivity index (χ1) is 36.2. The van der Waals surface area contributed by atoms with Crippen molar-refractivity contribution >= 4 is 78.3 Å². The van der Waals surface area contributed by atoms with Gasteiger partial charge in [0.15, 0.2) is 0 Å². The van der Waals surface area contributed by atoms with E-state index in [0.29, 0.717) is 17.3 Å². The predicted molar refractivity (Wildman–Crippen MR) is 321 cm³/mol. The fourth-order valence-electron chi connectivity index (χ4n) is 8.99. The van der Waals surface area contributed by atoms with Gasteiger partial charge in [0.25, 0.3) is 0 Å². The minimum absolute atomic E-state index is 0.326. The van der Waals surface area contributed by atoms with E-state index >= 15 is 0 Å². The molecule has 0 N–H and O–H groups in total. The molecule has 440 valence electrons. The SMILES string of the molecule is CCCCCCCCCCCCCCCCC(CS)C(=O)O[O-].CCCCCCCCCCCCCCCCC(CS)C(=O)O[O-].CCCCCCCCCCCCCCCCC(CS)C(=O)O[O-].CCC[CH2][Sn+3]. The summed E-state index contributed by atoms with van der Waals surface area (Å²) in [6.45, 7) is 9.02. The Kier molecular flexibility index (Phi) is 79.7. The maximum atomic E-state index is 11.1. The molecular formula is C61H120O9S3Sn. The van der Waals surface area contributed by atoms with E-state index in [2.05, 4.69) is 80.2 Å². The van der Waals surface area contributed by atoms with Gasteiger partial charge in [0.2, 0.25) is 0 Å². The van der Waals surface area contributed by atoms with Crippen molar-refractivity contribution in [1.82, 2.24) is 0 Å². The van der Waals surface area contributed by atoms with E-state index in [9.17, 15) is 30.2 Å². The van der Waals surface area contributed by atoms with E-state index in [1.54, 1.807) is 22.5 Å². The summed E-state index contributed by atoms with van der Waals surface area (Å²) in [6, 6.07) is 0. The Balaban J connectivity index is -0.000000473. The topological polar surface area (TPSA) is 148 Å². The first-order valence-electron chi connectivity index (χ1n) is 31.2. The second-order valence-corrected chi connectivity index (χ2v) is 23.6. The van der Waals surface area contributed by atoms with Gasteiger partial charge in [-0.2, -0.15) is 37.9 Å². The third-order valence-electron chi connectivity index (χ3n) is 14.2. The van der Waals surface area contributed by atoms with Crippen LogP contribution in [0.15, 0.2) is 0 Å². The van der Waals surface area contributed by atoms with E-state index in [-0.39, 0.29) is 17.8 Å². The molecule has 0 heterocycles. The van der Waals surface area contributed by atoms with E-state index in [1.165, 1.54) is 248 Å². The van der Waals surface area contributed by atoms with Crippen LogP contribution < -0.4 is 15.8 Å².